The van der Waals surface area contributed by atoms with Crippen molar-refractivity contribution in [2.24, 2.45) is 13.0 Å². The number of hydrogen-bond donors (Lipinski definition) is 1. The maximum atomic E-state index is 13.6. The van der Waals surface area contributed by atoms with E-state index in [0.29, 0.717) is 83.9 Å². The zero-order chi connectivity index (χ0) is 60.0. The van der Waals surface area contributed by atoms with E-state index in [2.05, 4.69) is 57.8 Å². The number of anilines is 1. The normalized spacial score (nSPS) is 18.5. The maximum absolute atomic E-state index is 13.6. The smallest absolute Gasteiger partial charge is 0.416 e. The number of rotatable bonds is 15. The number of pyridine rings is 1. The number of hydrogen-bond acceptors (Lipinski definition) is 16. The molecule has 3 saturated heterocycles. The van der Waals surface area contributed by atoms with E-state index in [1.54, 1.807) is 55.5 Å². The van der Waals surface area contributed by atoms with Crippen LogP contribution in [0.1, 0.15) is 51.3 Å². The average molecular weight is 1180 g/mol. The van der Waals surface area contributed by atoms with Crippen molar-refractivity contribution in [1.82, 2.24) is 58.6 Å². The minimum absolute atomic E-state index is 0.00199. The molecule has 7 aromatic rings. The summed E-state index contributed by atoms with van der Waals surface area (Å²) in [6, 6.07) is 22.4. The maximum Gasteiger partial charge on any atom is 0.416 e. The second kappa shape index (κ2) is 29.2. The van der Waals surface area contributed by atoms with Crippen LogP contribution in [0.4, 0.5) is 19.0 Å². The number of ether oxygens (including phenoxy) is 3. The van der Waals surface area contributed by atoms with Crippen LogP contribution in [-0.4, -0.2) is 177 Å². The number of benzene rings is 3. The summed E-state index contributed by atoms with van der Waals surface area (Å²) in [7, 11) is 1.71. The topological polar surface area (TPSA) is 173 Å². The van der Waals surface area contributed by atoms with Crippen molar-refractivity contribution in [3.8, 4) is 17.2 Å². The Labute approximate surface area is 499 Å². The quantitative estimate of drug-likeness (QED) is 0.101. The van der Waals surface area contributed by atoms with Crippen LogP contribution in [0, 0.1) is 12.8 Å². The second-order valence-electron chi connectivity index (χ2n) is 22.6. The lowest BCUT2D eigenvalue weighted by molar-refractivity contribution is -0.0882. The van der Waals surface area contributed by atoms with E-state index in [1.807, 2.05) is 53.6 Å². The van der Waals surface area contributed by atoms with Crippen molar-refractivity contribution in [3.63, 3.8) is 0 Å². The third-order valence-corrected chi connectivity index (χ3v) is 16.5. The van der Waals surface area contributed by atoms with Gasteiger partial charge in [-0.1, -0.05) is 19.1 Å². The van der Waals surface area contributed by atoms with E-state index in [0.717, 1.165) is 146 Å². The number of aromatic nitrogens is 7. The lowest BCUT2D eigenvalue weighted by Crippen LogP contribution is -2.47. The van der Waals surface area contributed by atoms with Crippen LogP contribution >= 0.6 is 0 Å². The van der Waals surface area contributed by atoms with Crippen molar-refractivity contribution in [2.45, 2.75) is 71.6 Å². The molecular formula is C64H80F3N13O6. The monoisotopic (exact) mass is 1180 g/mol. The summed E-state index contributed by atoms with van der Waals surface area (Å²) < 4.78 is 62.9. The van der Waals surface area contributed by atoms with Crippen molar-refractivity contribution < 1.29 is 27.4 Å². The molecule has 1 unspecified atom stereocenters. The Morgan fingerprint density at radius 1 is 0.663 bits per heavy atom. The Balaban J connectivity index is 0.000000145. The van der Waals surface area contributed by atoms with Gasteiger partial charge in [0, 0.05) is 123 Å². The van der Waals surface area contributed by atoms with Gasteiger partial charge in [-0.3, -0.25) is 33.3 Å². The van der Waals surface area contributed by atoms with Crippen molar-refractivity contribution in [2.75, 3.05) is 123 Å². The molecule has 5 aliphatic heterocycles. The molecule has 1 atom stereocenters. The number of nitrogens with zero attached hydrogens (tertiary/aromatic N) is 12. The first-order valence-corrected chi connectivity index (χ1v) is 30.4. The zero-order valence-corrected chi connectivity index (χ0v) is 49.7. The number of fused-ring (bicyclic) bond motifs is 7. The van der Waals surface area contributed by atoms with Crippen LogP contribution in [0.2, 0.25) is 0 Å². The molecule has 3 aromatic carbocycles. The van der Waals surface area contributed by atoms with Crippen LogP contribution in [-0.2, 0) is 20.1 Å². The van der Waals surface area contributed by atoms with Crippen molar-refractivity contribution >= 4 is 38.5 Å². The molecule has 5 bridgehead atoms. The number of aryl methyl sites for hydroxylation is 3. The molecule has 86 heavy (non-hydrogen) atoms. The third-order valence-electron chi connectivity index (χ3n) is 16.5. The molecule has 22 heteroatoms. The van der Waals surface area contributed by atoms with Crippen LogP contribution < -0.4 is 41.1 Å². The number of piperazine rings is 3. The highest BCUT2D eigenvalue weighted by molar-refractivity contribution is 5.80. The summed E-state index contributed by atoms with van der Waals surface area (Å²) in [6.45, 7) is 21.1. The average Bonchev–Trinajstić information content (AvgIpc) is 2.86. The van der Waals surface area contributed by atoms with Gasteiger partial charge in [0.15, 0.2) is 0 Å². The first-order valence-electron chi connectivity index (χ1n) is 30.4. The second-order valence-corrected chi connectivity index (χ2v) is 22.6. The minimum Gasteiger partial charge on any atom is -0.494 e. The Kier molecular flexibility index (Phi) is 20.8. The number of halogens is 3. The summed E-state index contributed by atoms with van der Waals surface area (Å²) in [5, 5.41) is 5.00. The molecule has 1 aliphatic carbocycles. The molecule has 0 amide bonds. The van der Waals surface area contributed by atoms with Gasteiger partial charge in [0.05, 0.1) is 70.8 Å². The highest BCUT2D eigenvalue weighted by Gasteiger charge is 2.39. The molecule has 0 saturated carbocycles. The fraction of sp³-hybridized carbons (Fsp3) is 0.484. The molecule has 9 heterocycles. The van der Waals surface area contributed by atoms with Crippen LogP contribution in [0.3, 0.4) is 0 Å². The number of allylic oxidation sites excluding steroid dienone is 3. The standard InChI is InChI=1S/C24H31N5O2.C23H25F3N4O2.C17H24N4O2/c1-2-11-29-19-26-22-9-8-20(18-21(22)24(29)30)31-17-6-5-12-27-13-15-28(16-14-27)23-7-3-4-10-25-23;1-15-27-20-4-3-18-13-19(20)22(31)30(15)14-16-11-17(23(24,25)26)12-21(16)29-8-6-28(7-9-29)5-2-10-32-18;1-20-13-19-16-5-4-14(12-15(16)17(20)22)23-11-3-2-8-21-9-6-18-7-10-21/h3-4,7-10,18-19H,2,5-6,11-17H2,1H3;3-4,11-13,16H,2,5-10,14H2,1H3;4-5,12-13,18H,2-3,6-11H2,1H3. The van der Waals surface area contributed by atoms with E-state index in [4.69, 9.17) is 14.2 Å². The van der Waals surface area contributed by atoms with Gasteiger partial charge in [0.1, 0.15) is 28.9 Å². The van der Waals surface area contributed by atoms with Crippen LogP contribution in [0.25, 0.3) is 32.7 Å². The van der Waals surface area contributed by atoms with E-state index < -0.39 is 17.7 Å². The first-order chi connectivity index (χ1) is 41.8. The van der Waals surface area contributed by atoms with E-state index in [9.17, 15) is 27.6 Å². The molecule has 1 N–H and O–H groups in total. The molecule has 0 radical (unpaired) electrons. The predicted molar refractivity (Wildman–Crippen MR) is 330 cm³/mol. The summed E-state index contributed by atoms with van der Waals surface area (Å²) in [5.41, 5.74) is 1.67. The summed E-state index contributed by atoms with van der Waals surface area (Å²) in [4.78, 5) is 67.3. The molecule has 13 rings (SSSR count). The number of alkyl halides is 3. The van der Waals surface area contributed by atoms with Gasteiger partial charge in [-0.15, -0.1) is 0 Å². The van der Waals surface area contributed by atoms with Gasteiger partial charge < -0.3 is 38.8 Å². The molecular weight excluding hydrogens is 1100 g/mol. The van der Waals surface area contributed by atoms with Crippen LogP contribution in [0.5, 0.6) is 17.2 Å². The van der Waals surface area contributed by atoms with Gasteiger partial charge in [0.2, 0.25) is 0 Å². The number of nitrogens with one attached hydrogen (secondary N) is 1. The Bertz CT molecular complexity index is 3650. The molecule has 19 nitrogen and oxygen atoms in total. The fourth-order valence-electron chi connectivity index (χ4n) is 11.6. The lowest BCUT2D eigenvalue weighted by atomic mass is 10.1. The highest BCUT2D eigenvalue weighted by Crippen LogP contribution is 2.38. The summed E-state index contributed by atoms with van der Waals surface area (Å²) in [5.74, 6) is 3.10. The first kappa shape index (κ1) is 61.4. The van der Waals surface area contributed by atoms with Gasteiger partial charge in [-0.25, -0.2) is 19.9 Å². The molecule has 458 valence electrons. The summed E-state index contributed by atoms with van der Waals surface area (Å²) >= 11 is 0. The van der Waals surface area contributed by atoms with Gasteiger partial charge in [-0.2, -0.15) is 13.2 Å². The van der Waals surface area contributed by atoms with Crippen LogP contribution in [0.15, 0.2) is 129 Å². The Hall–Kier alpha value is -7.66. The molecule has 0 spiro atoms. The number of unbranched alkanes of at least 4 members (excludes halogenated alkanes) is 2. The van der Waals surface area contributed by atoms with Gasteiger partial charge in [-0.05, 0) is 131 Å². The van der Waals surface area contributed by atoms with Crippen molar-refractivity contribution in [1.29, 1.82) is 0 Å². The predicted octanol–water partition coefficient (Wildman–Crippen LogP) is 7.29. The van der Waals surface area contributed by atoms with Crippen molar-refractivity contribution in [3.05, 3.63) is 152 Å². The molecule has 6 aliphatic rings. The molecule has 4 aromatic heterocycles. The highest BCUT2D eigenvalue weighted by atomic mass is 19.4. The Morgan fingerprint density at radius 2 is 1.30 bits per heavy atom. The van der Waals surface area contributed by atoms with Gasteiger partial charge in [0.25, 0.3) is 16.7 Å². The third kappa shape index (κ3) is 15.9. The minimum atomic E-state index is -4.42. The van der Waals surface area contributed by atoms with E-state index in [1.165, 1.54) is 21.3 Å². The zero-order valence-electron chi connectivity index (χ0n) is 49.7. The SMILES string of the molecule is CCCn1cnc2ccc(OCCCCN3CCN(c4ccccn4)CC3)cc2c1=O.Cc1nc2ccc3cc2c(=O)n1CC1C=C(C(F)(F)F)C=C1N1CCN(CCCO3)CC1.Cn1cnc2ccc(OCCCCN3CCNCC3)cc2c1=O. The largest absolute Gasteiger partial charge is 0.494 e. The Morgan fingerprint density at radius 3 is 1.97 bits per heavy atom. The fourth-order valence-corrected chi connectivity index (χ4v) is 11.6. The molecule has 3 fully saturated rings. The van der Waals surface area contributed by atoms with E-state index >= 15 is 0 Å². The van der Waals surface area contributed by atoms with E-state index in [-0.39, 0.29) is 23.2 Å². The summed E-state index contributed by atoms with van der Waals surface area (Å²) in [6.07, 6.45) is 9.10. The van der Waals surface area contributed by atoms with Gasteiger partial charge >= 0.3 is 6.18 Å². The lowest BCUT2D eigenvalue weighted by Gasteiger charge is -2.38.